The summed E-state index contributed by atoms with van der Waals surface area (Å²) in [5.41, 5.74) is 2.46. The Kier molecular flexibility index (Phi) is 5.77. The average molecular weight is 348 g/mol. The van der Waals surface area contributed by atoms with Crippen molar-refractivity contribution in [2.24, 2.45) is 0 Å². The molecule has 2 N–H and O–H groups in total. The molecule has 3 rings (SSSR count). The lowest BCUT2D eigenvalue weighted by atomic mass is 10.1. The number of anilines is 1. The van der Waals surface area contributed by atoms with Crippen LogP contribution in [0.15, 0.2) is 66.7 Å². The Labute approximate surface area is 152 Å². The van der Waals surface area contributed by atoms with Gasteiger partial charge in [0.05, 0.1) is 6.54 Å². The van der Waals surface area contributed by atoms with Crippen molar-refractivity contribution in [3.05, 3.63) is 72.4 Å². The zero-order valence-corrected chi connectivity index (χ0v) is 14.5. The van der Waals surface area contributed by atoms with Gasteiger partial charge in [0, 0.05) is 12.6 Å². The van der Waals surface area contributed by atoms with Gasteiger partial charge in [0.1, 0.15) is 18.2 Å². The Morgan fingerprint density at radius 2 is 1.73 bits per heavy atom. The van der Waals surface area contributed by atoms with Crippen molar-refractivity contribution in [3.8, 4) is 16.9 Å². The number of carbonyl (C=O) groups excluding carboxylic acids is 1. The summed E-state index contributed by atoms with van der Waals surface area (Å²) in [5.74, 6) is 1.17. The van der Waals surface area contributed by atoms with Crippen LogP contribution >= 0.6 is 0 Å². The third kappa shape index (κ3) is 4.36. The van der Waals surface area contributed by atoms with Gasteiger partial charge in [0.2, 0.25) is 0 Å². The quantitative estimate of drug-likeness (QED) is 0.642. The lowest BCUT2D eigenvalue weighted by Crippen LogP contribution is -2.20. The van der Waals surface area contributed by atoms with Gasteiger partial charge in [-0.2, -0.15) is 0 Å². The Morgan fingerprint density at radius 1 is 0.962 bits per heavy atom. The molecular weight excluding hydrogens is 328 g/mol. The fourth-order valence-electron chi connectivity index (χ4n) is 2.46. The van der Waals surface area contributed by atoms with Gasteiger partial charge in [0.25, 0.3) is 5.91 Å². The van der Waals surface area contributed by atoms with Gasteiger partial charge in [-0.3, -0.25) is 4.79 Å². The van der Waals surface area contributed by atoms with Gasteiger partial charge in [-0.1, -0.05) is 48.5 Å². The van der Waals surface area contributed by atoms with Crippen molar-refractivity contribution in [2.45, 2.75) is 0 Å². The molecule has 0 aliphatic heterocycles. The van der Waals surface area contributed by atoms with Gasteiger partial charge in [0.15, 0.2) is 5.69 Å². The molecule has 26 heavy (non-hydrogen) atoms. The lowest BCUT2D eigenvalue weighted by Gasteiger charge is -2.12. The molecule has 1 aromatic heterocycles. The van der Waals surface area contributed by atoms with Crippen molar-refractivity contribution < 1.29 is 9.53 Å². The number of ether oxygens (including phenoxy) is 1. The van der Waals surface area contributed by atoms with Gasteiger partial charge in [-0.25, -0.2) is 0 Å². The Hall–Kier alpha value is -3.41. The topological polar surface area (TPSA) is 76.1 Å². The summed E-state index contributed by atoms with van der Waals surface area (Å²) in [6.45, 7) is 1.04. The van der Waals surface area contributed by atoms with Crippen molar-refractivity contribution in [1.82, 2.24) is 15.5 Å². The molecule has 3 aromatic rings. The maximum absolute atomic E-state index is 11.4. The number of hydrogen-bond acceptors (Lipinski definition) is 5. The van der Waals surface area contributed by atoms with Crippen molar-refractivity contribution >= 4 is 11.7 Å². The zero-order chi connectivity index (χ0) is 18.2. The van der Waals surface area contributed by atoms with Crippen molar-refractivity contribution in [2.75, 3.05) is 25.5 Å². The smallest absolute Gasteiger partial charge is 0.271 e. The molecule has 132 valence electrons. The SMILES string of the molecule is CNC(=O)c1ccc(NCCOc2ccccc2-c2ccccc2)nn1. The summed E-state index contributed by atoms with van der Waals surface area (Å²) in [5, 5.41) is 13.5. The number of rotatable bonds is 7. The van der Waals surface area contributed by atoms with E-state index in [1.165, 1.54) is 0 Å². The number of hydrogen-bond donors (Lipinski definition) is 2. The number of amides is 1. The largest absolute Gasteiger partial charge is 0.491 e. The second kappa shape index (κ2) is 8.62. The Bertz CT molecular complexity index is 851. The average Bonchev–Trinajstić information content (AvgIpc) is 2.72. The number of benzene rings is 2. The summed E-state index contributed by atoms with van der Waals surface area (Å²) < 4.78 is 5.92. The van der Waals surface area contributed by atoms with E-state index in [4.69, 9.17) is 4.74 Å². The first-order valence-electron chi connectivity index (χ1n) is 8.35. The molecule has 0 radical (unpaired) electrons. The summed E-state index contributed by atoms with van der Waals surface area (Å²) in [4.78, 5) is 11.4. The van der Waals surface area contributed by atoms with E-state index in [-0.39, 0.29) is 11.6 Å². The predicted molar refractivity (Wildman–Crippen MR) is 101 cm³/mol. The molecule has 6 nitrogen and oxygen atoms in total. The second-order valence-electron chi connectivity index (χ2n) is 5.52. The van der Waals surface area contributed by atoms with Crippen molar-refractivity contribution in [3.63, 3.8) is 0 Å². The summed E-state index contributed by atoms with van der Waals surface area (Å²) in [7, 11) is 1.56. The summed E-state index contributed by atoms with van der Waals surface area (Å²) >= 11 is 0. The molecule has 6 heteroatoms. The molecule has 1 heterocycles. The molecule has 0 fully saturated rings. The highest BCUT2D eigenvalue weighted by Crippen LogP contribution is 2.29. The van der Waals surface area contributed by atoms with Crippen LogP contribution in [0.4, 0.5) is 5.82 Å². The van der Waals surface area contributed by atoms with E-state index in [1.807, 2.05) is 42.5 Å². The normalized spacial score (nSPS) is 10.2. The van der Waals surface area contributed by atoms with Crippen molar-refractivity contribution in [1.29, 1.82) is 0 Å². The summed E-state index contributed by atoms with van der Waals surface area (Å²) in [6, 6.07) is 21.4. The lowest BCUT2D eigenvalue weighted by molar-refractivity contribution is 0.0957. The van der Waals surface area contributed by atoms with E-state index in [0.29, 0.717) is 19.0 Å². The minimum atomic E-state index is -0.259. The monoisotopic (exact) mass is 348 g/mol. The van der Waals surface area contributed by atoms with Crippen LogP contribution in [-0.4, -0.2) is 36.3 Å². The molecule has 1 amide bonds. The fraction of sp³-hybridized carbons (Fsp3) is 0.150. The van der Waals surface area contributed by atoms with Crippen LogP contribution in [0, 0.1) is 0 Å². The highest BCUT2D eigenvalue weighted by atomic mass is 16.5. The molecule has 0 aliphatic rings. The predicted octanol–water partition coefficient (Wildman–Crippen LogP) is 2.99. The second-order valence-corrected chi connectivity index (χ2v) is 5.52. The molecular formula is C20H20N4O2. The molecule has 0 unspecified atom stereocenters. The molecule has 0 saturated carbocycles. The first-order chi connectivity index (χ1) is 12.8. The number of nitrogens with one attached hydrogen (secondary N) is 2. The van der Waals surface area contributed by atoms with E-state index in [0.717, 1.165) is 16.9 Å². The third-order valence-electron chi connectivity index (χ3n) is 3.76. The van der Waals surface area contributed by atoms with E-state index >= 15 is 0 Å². The Balaban J connectivity index is 1.55. The summed E-state index contributed by atoms with van der Waals surface area (Å²) in [6.07, 6.45) is 0. The van der Waals surface area contributed by atoms with Crippen LogP contribution in [0.1, 0.15) is 10.5 Å². The minimum Gasteiger partial charge on any atom is -0.491 e. The molecule has 0 atom stereocenters. The van der Waals surface area contributed by atoms with Gasteiger partial charge in [-0.15, -0.1) is 10.2 Å². The maximum atomic E-state index is 11.4. The van der Waals surface area contributed by atoms with Crippen LogP contribution < -0.4 is 15.4 Å². The molecule has 0 saturated heterocycles. The number of aromatic nitrogens is 2. The highest BCUT2D eigenvalue weighted by Gasteiger charge is 2.06. The highest BCUT2D eigenvalue weighted by molar-refractivity contribution is 5.91. The molecule has 0 aliphatic carbocycles. The van der Waals surface area contributed by atoms with E-state index in [1.54, 1.807) is 19.2 Å². The van der Waals surface area contributed by atoms with Crippen LogP contribution in [0.25, 0.3) is 11.1 Å². The van der Waals surface area contributed by atoms with E-state index in [9.17, 15) is 4.79 Å². The van der Waals surface area contributed by atoms with E-state index in [2.05, 4.69) is 33.0 Å². The maximum Gasteiger partial charge on any atom is 0.271 e. The van der Waals surface area contributed by atoms with Gasteiger partial charge < -0.3 is 15.4 Å². The fourth-order valence-corrected chi connectivity index (χ4v) is 2.46. The third-order valence-corrected chi connectivity index (χ3v) is 3.76. The first kappa shape index (κ1) is 17.4. The molecule has 0 spiro atoms. The standard InChI is InChI=1S/C20H20N4O2/c1-21-20(25)17-11-12-19(24-23-17)22-13-14-26-18-10-6-5-9-16(18)15-7-3-2-4-8-15/h2-12H,13-14H2,1H3,(H,21,25)(H,22,24). The van der Waals surface area contributed by atoms with Crippen LogP contribution in [0.3, 0.4) is 0 Å². The molecule has 0 bridgehead atoms. The number of para-hydroxylation sites is 1. The Morgan fingerprint density at radius 3 is 2.46 bits per heavy atom. The van der Waals surface area contributed by atoms with E-state index < -0.39 is 0 Å². The number of carbonyl (C=O) groups is 1. The first-order valence-corrected chi connectivity index (χ1v) is 8.35. The molecule has 2 aromatic carbocycles. The minimum absolute atomic E-state index is 0.259. The van der Waals surface area contributed by atoms with Gasteiger partial charge >= 0.3 is 0 Å². The van der Waals surface area contributed by atoms with Gasteiger partial charge in [-0.05, 0) is 23.8 Å². The van der Waals surface area contributed by atoms with Crippen LogP contribution in [0.5, 0.6) is 5.75 Å². The zero-order valence-electron chi connectivity index (χ0n) is 14.5. The number of nitrogens with zero attached hydrogens (tertiary/aromatic N) is 2. The van der Waals surface area contributed by atoms with Crippen LogP contribution in [0.2, 0.25) is 0 Å². The van der Waals surface area contributed by atoms with Crippen LogP contribution in [-0.2, 0) is 0 Å².